The Hall–Kier alpha value is -3.12. The minimum atomic E-state index is -0.254. The number of para-hydroxylation sites is 1. The summed E-state index contributed by atoms with van der Waals surface area (Å²) < 4.78 is 0. The van der Waals surface area contributed by atoms with E-state index in [9.17, 15) is 9.59 Å². The van der Waals surface area contributed by atoms with Gasteiger partial charge in [-0.2, -0.15) is 0 Å². The van der Waals surface area contributed by atoms with Gasteiger partial charge >= 0.3 is 0 Å². The molecule has 0 radical (unpaired) electrons. The highest BCUT2D eigenvalue weighted by molar-refractivity contribution is 7.99. The van der Waals surface area contributed by atoms with E-state index < -0.39 is 0 Å². The maximum absolute atomic E-state index is 12.8. The number of rotatable bonds is 7. The van der Waals surface area contributed by atoms with Gasteiger partial charge in [0.15, 0.2) is 0 Å². The molecule has 3 aromatic rings. The molecule has 5 nitrogen and oxygen atoms in total. The fraction of sp³-hybridized carbons (Fsp3) is 0.136. The van der Waals surface area contributed by atoms with Gasteiger partial charge in [-0.05, 0) is 41.6 Å². The van der Waals surface area contributed by atoms with Crippen molar-refractivity contribution >= 4 is 29.3 Å². The van der Waals surface area contributed by atoms with Crippen molar-refractivity contribution in [3.8, 4) is 0 Å². The second-order valence-corrected chi connectivity index (χ2v) is 7.28. The third-order valence-electron chi connectivity index (χ3n) is 4.03. The molecule has 0 unspecified atom stereocenters. The van der Waals surface area contributed by atoms with E-state index in [1.54, 1.807) is 54.5 Å². The number of pyridine rings is 1. The van der Waals surface area contributed by atoms with Crippen molar-refractivity contribution in [3.63, 3.8) is 0 Å². The summed E-state index contributed by atoms with van der Waals surface area (Å²) in [5, 5.41) is 5.75. The second kappa shape index (κ2) is 9.71. The van der Waals surface area contributed by atoms with Crippen molar-refractivity contribution in [3.05, 3.63) is 89.7 Å². The largest absolute Gasteiger partial charge is 0.348 e. The molecule has 3 rings (SSSR count). The molecule has 2 N–H and O–H groups in total. The summed E-state index contributed by atoms with van der Waals surface area (Å²) >= 11 is 1.61. The molecule has 6 heteroatoms. The lowest BCUT2D eigenvalue weighted by molar-refractivity contribution is 0.0951. The Morgan fingerprint density at radius 2 is 1.68 bits per heavy atom. The Balaban J connectivity index is 1.75. The van der Waals surface area contributed by atoms with Gasteiger partial charge in [-0.25, -0.2) is 0 Å². The lowest BCUT2D eigenvalue weighted by atomic mass is 10.1. The zero-order chi connectivity index (χ0) is 19.8. The number of hydrogen-bond donors (Lipinski definition) is 2. The average molecular weight is 391 g/mol. The van der Waals surface area contributed by atoms with E-state index in [1.165, 1.54) is 0 Å². The molecule has 1 aromatic heterocycles. The molecule has 0 saturated carbocycles. The molecule has 2 aromatic carbocycles. The van der Waals surface area contributed by atoms with Crippen molar-refractivity contribution in [2.45, 2.75) is 18.4 Å². The van der Waals surface area contributed by atoms with E-state index in [1.807, 2.05) is 37.3 Å². The van der Waals surface area contributed by atoms with Crippen LogP contribution >= 0.6 is 11.8 Å². The van der Waals surface area contributed by atoms with Crippen LogP contribution in [0.4, 0.5) is 5.69 Å². The highest BCUT2D eigenvalue weighted by atomic mass is 32.2. The number of thioether (sulfide) groups is 1. The van der Waals surface area contributed by atoms with Gasteiger partial charge in [-0.1, -0.05) is 37.3 Å². The number of amides is 2. The minimum Gasteiger partial charge on any atom is -0.348 e. The Morgan fingerprint density at radius 3 is 2.43 bits per heavy atom. The average Bonchev–Trinajstić information content (AvgIpc) is 2.74. The number of nitrogens with one attached hydrogen (secondary N) is 2. The molecular formula is C22H21N3O2S. The Bertz CT molecular complexity index is 961. The van der Waals surface area contributed by atoms with Gasteiger partial charge < -0.3 is 10.6 Å². The number of carbonyl (C=O) groups excluding carboxylic acids is 2. The number of hydrogen-bond acceptors (Lipinski definition) is 4. The van der Waals surface area contributed by atoms with Crippen molar-refractivity contribution in [1.29, 1.82) is 0 Å². The van der Waals surface area contributed by atoms with Crippen LogP contribution in [-0.4, -0.2) is 22.6 Å². The third kappa shape index (κ3) is 4.98. The monoisotopic (exact) mass is 391 g/mol. The van der Waals surface area contributed by atoms with Gasteiger partial charge in [0.2, 0.25) is 0 Å². The highest BCUT2D eigenvalue weighted by Gasteiger charge is 2.16. The summed E-state index contributed by atoms with van der Waals surface area (Å²) in [6.45, 7) is 2.41. The third-order valence-corrected chi connectivity index (χ3v) is 4.98. The summed E-state index contributed by atoms with van der Waals surface area (Å²) in [5.41, 5.74) is 2.40. The van der Waals surface area contributed by atoms with Gasteiger partial charge in [-0.3, -0.25) is 14.6 Å². The summed E-state index contributed by atoms with van der Waals surface area (Å²) in [7, 11) is 0. The predicted molar refractivity (Wildman–Crippen MR) is 113 cm³/mol. The molecule has 142 valence electrons. The number of aromatic nitrogens is 1. The second-order valence-electron chi connectivity index (χ2n) is 5.97. The highest BCUT2D eigenvalue weighted by Crippen LogP contribution is 2.24. The molecule has 0 fully saturated rings. The molecule has 0 spiro atoms. The lowest BCUT2D eigenvalue weighted by Gasteiger charge is -2.13. The number of anilines is 1. The van der Waals surface area contributed by atoms with Gasteiger partial charge in [0.1, 0.15) is 0 Å². The van der Waals surface area contributed by atoms with E-state index in [4.69, 9.17) is 0 Å². The van der Waals surface area contributed by atoms with Gasteiger partial charge in [0.25, 0.3) is 11.8 Å². The Kier molecular flexibility index (Phi) is 6.81. The number of benzene rings is 2. The first-order chi connectivity index (χ1) is 13.7. The van der Waals surface area contributed by atoms with E-state index in [-0.39, 0.29) is 11.8 Å². The van der Waals surface area contributed by atoms with Crippen molar-refractivity contribution < 1.29 is 9.59 Å². The molecule has 0 atom stereocenters. The molecule has 1 heterocycles. The predicted octanol–water partition coefficient (Wildman–Crippen LogP) is 4.38. The molecule has 0 saturated heterocycles. The van der Waals surface area contributed by atoms with E-state index in [2.05, 4.69) is 15.6 Å². The molecule has 0 bridgehead atoms. The first-order valence-electron chi connectivity index (χ1n) is 8.98. The van der Waals surface area contributed by atoms with Gasteiger partial charge in [0.05, 0.1) is 16.8 Å². The SMILES string of the molecule is CCSc1ccccc1C(=O)Nc1ccccc1C(=O)NCc1cccnc1. The van der Waals surface area contributed by atoms with E-state index in [0.29, 0.717) is 23.4 Å². The van der Waals surface area contributed by atoms with Crippen LogP contribution in [0.3, 0.4) is 0 Å². The van der Waals surface area contributed by atoms with Gasteiger partial charge in [0, 0.05) is 23.8 Å². The molecule has 0 aliphatic rings. The van der Waals surface area contributed by atoms with Crippen LogP contribution in [0.25, 0.3) is 0 Å². The first kappa shape index (κ1) is 19.6. The maximum atomic E-state index is 12.8. The number of carbonyl (C=O) groups is 2. The van der Waals surface area contributed by atoms with Gasteiger partial charge in [-0.15, -0.1) is 11.8 Å². The molecular weight excluding hydrogens is 370 g/mol. The molecule has 28 heavy (non-hydrogen) atoms. The van der Waals surface area contributed by atoms with Crippen LogP contribution in [0.1, 0.15) is 33.2 Å². The Labute approximate surface area is 168 Å². The standard InChI is InChI=1S/C22H21N3O2S/c1-2-28-20-12-6-4-10-18(20)22(27)25-19-11-5-3-9-17(19)21(26)24-15-16-8-7-13-23-14-16/h3-14H,2,15H2,1H3,(H,24,26)(H,25,27). The fourth-order valence-corrected chi connectivity index (χ4v) is 3.50. The lowest BCUT2D eigenvalue weighted by Crippen LogP contribution is -2.25. The van der Waals surface area contributed by atoms with Crippen LogP contribution in [0, 0.1) is 0 Å². The van der Waals surface area contributed by atoms with Crippen LogP contribution in [0.2, 0.25) is 0 Å². The summed E-state index contributed by atoms with van der Waals surface area (Å²) in [5.74, 6) is 0.387. The van der Waals surface area contributed by atoms with E-state index in [0.717, 1.165) is 16.2 Å². The Morgan fingerprint density at radius 1 is 0.929 bits per heavy atom. The van der Waals surface area contributed by atoms with Crippen molar-refractivity contribution in [1.82, 2.24) is 10.3 Å². The van der Waals surface area contributed by atoms with Crippen LogP contribution in [0.5, 0.6) is 0 Å². The smallest absolute Gasteiger partial charge is 0.256 e. The molecule has 0 aliphatic heterocycles. The zero-order valence-corrected chi connectivity index (χ0v) is 16.3. The quantitative estimate of drug-likeness (QED) is 0.587. The summed E-state index contributed by atoms with van der Waals surface area (Å²) in [6.07, 6.45) is 3.39. The van der Waals surface area contributed by atoms with Crippen LogP contribution in [0.15, 0.2) is 78.0 Å². The van der Waals surface area contributed by atoms with Crippen LogP contribution < -0.4 is 10.6 Å². The number of nitrogens with zero attached hydrogens (tertiary/aromatic N) is 1. The molecule has 0 aliphatic carbocycles. The molecule has 2 amide bonds. The van der Waals surface area contributed by atoms with Crippen LogP contribution in [-0.2, 0) is 6.54 Å². The summed E-state index contributed by atoms with van der Waals surface area (Å²) in [4.78, 5) is 30.4. The van der Waals surface area contributed by atoms with Crippen molar-refractivity contribution in [2.24, 2.45) is 0 Å². The summed E-state index contributed by atoms with van der Waals surface area (Å²) in [6, 6.07) is 18.2. The maximum Gasteiger partial charge on any atom is 0.256 e. The minimum absolute atomic E-state index is 0.232. The first-order valence-corrected chi connectivity index (χ1v) is 9.97. The topological polar surface area (TPSA) is 71.1 Å². The van der Waals surface area contributed by atoms with Crippen molar-refractivity contribution in [2.75, 3.05) is 11.1 Å². The zero-order valence-electron chi connectivity index (χ0n) is 15.5. The van der Waals surface area contributed by atoms with E-state index >= 15 is 0 Å². The normalized spacial score (nSPS) is 10.3. The fourth-order valence-electron chi connectivity index (χ4n) is 2.70.